The third-order valence-electron chi connectivity index (χ3n) is 3.08. The molecule has 0 spiro atoms. The van der Waals surface area contributed by atoms with Crippen LogP contribution in [0.3, 0.4) is 0 Å². The van der Waals surface area contributed by atoms with E-state index in [9.17, 15) is 18.0 Å². The van der Waals surface area contributed by atoms with Gasteiger partial charge >= 0.3 is 12.1 Å². The van der Waals surface area contributed by atoms with E-state index in [0.29, 0.717) is 5.56 Å². The molecule has 0 radical (unpaired) electrons. The highest BCUT2D eigenvalue weighted by molar-refractivity contribution is 5.85. The van der Waals surface area contributed by atoms with Crippen molar-refractivity contribution in [3.05, 3.63) is 65.7 Å². The maximum atomic E-state index is 14.2. The van der Waals surface area contributed by atoms with Crippen LogP contribution in [0.25, 0.3) is 6.08 Å². The van der Waals surface area contributed by atoms with Gasteiger partial charge in [-0.25, -0.2) is 9.18 Å². The van der Waals surface area contributed by atoms with Crippen LogP contribution in [0.2, 0.25) is 0 Å². The minimum atomic E-state index is -3.57. The second kappa shape index (κ2) is 8.23. The second-order valence-electron chi connectivity index (χ2n) is 4.92. The number of carboxylic acid groups (broad SMARTS) is 1. The Morgan fingerprint density at radius 2 is 1.64 bits per heavy atom. The molecular weight excluding hydrogens is 337 g/mol. The van der Waals surface area contributed by atoms with Crippen LogP contribution in [-0.2, 0) is 10.9 Å². The molecular formula is C18H15F3O4. The lowest BCUT2D eigenvalue weighted by molar-refractivity contribution is -0.185. The molecule has 0 amide bonds. The fourth-order valence-corrected chi connectivity index (χ4v) is 1.92. The number of hydrogen-bond acceptors (Lipinski definition) is 3. The van der Waals surface area contributed by atoms with E-state index in [1.165, 1.54) is 42.5 Å². The van der Waals surface area contributed by atoms with Gasteiger partial charge in [0.15, 0.2) is 0 Å². The van der Waals surface area contributed by atoms with Crippen molar-refractivity contribution in [1.29, 1.82) is 0 Å². The first kappa shape index (κ1) is 18.4. The van der Waals surface area contributed by atoms with Crippen molar-refractivity contribution in [2.45, 2.75) is 6.11 Å². The molecule has 0 atom stereocenters. The Hall–Kier alpha value is -2.96. The zero-order chi connectivity index (χ0) is 18.3. The first-order chi connectivity index (χ1) is 11.9. The lowest BCUT2D eigenvalue weighted by Crippen LogP contribution is -2.21. The topological polar surface area (TPSA) is 55.8 Å². The van der Waals surface area contributed by atoms with Crippen molar-refractivity contribution < 1.29 is 32.5 Å². The van der Waals surface area contributed by atoms with Gasteiger partial charge in [0.25, 0.3) is 0 Å². The highest BCUT2D eigenvalue weighted by Gasteiger charge is 2.34. The molecule has 2 aromatic carbocycles. The van der Waals surface area contributed by atoms with Crippen molar-refractivity contribution in [3.63, 3.8) is 0 Å². The van der Waals surface area contributed by atoms with Gasteiger partial charge in [0.1, 0.15) is 24.8 Å². The molecule has 0 fully saturated rings. The van der Waals surface area contributed by atoms with Gasteiger partial charge in [-0.1, -0.05) is 12.1 Å². The van der Waals surface area contributed by atoms with Gasteiger partial charge in [-0.05, 0) is 48.0 Å². The Bertz CT molecular complexity index is 725. The lowest BCUT2D eigenvalue weighted by Gasteiger charge is -2.18. The molecule has 0 saturated heterocycles. The number of carboxylic acids is 1. The van der Waals surface area contributed by atoms with Crippen molar-refractivity contribution in [3.8, 4) is 11.5 Å². The maximum absolute atomic E-state index is 14.2. The van der Waals surface area contributed by atoms with Crippen LogP contribution in [0.5, 0.6) is 11.5 Å². The van der Waals surface area contributed by atoms with Crippen LogP contribution in [-0.4, -0.2) is 24.4 Å². The molecule has 0 saturated carbocycles. The predicted octanol–water partition coefficient (Wildman–Crippen LogP) is 4.26. The van der Waals surface area contributed by atoms with E-state index in [2.05, 4.69) is 0 Å². The predicted molar refractivity (Wildman–Crippen MR) is 85.5 cm³/mol. The summed E-state index contributed by atoms with van der Waals surface area (Å²) in [5, 5.41) is 8.54. The molecule has 25 heavy (non-hydrogen) atoms. The van der Waals surface area contributed by atoms with E-state index >= 15 is 0 Å². The smallest absolute Gasteiger partial charge is 0.426 e. The quantitative estimate of drug-likeness (QED) is 0.721. The molecule has 1 N–H and O–H groups in total. The van der Waals surface area contributed by atoms with E-state index in [1.54, 1.807) is 0 Å². The normalized spacial score (nSPS) is 11.5. The molecule has 2 aromatic rings. The first-order valence-corrected chi connectivity index (χ1v) is 7.28. The van der Waals surface area contributed by atoms with Gasteiger partial charge in [0.2, 0.25) is 0 Å². The number of ether oxygens (including phenoxy) is 2. The summed E-state index contributed by atoms with van der Waals surface area (Å²) >= 11 is 0. The summed E-state index contributed by atoms with van der Waals surface area (Å²) in [6.45, 7) is -0.812. The third-order valence-corrected chi connectivity index (χ3v) is 3.08. The molecule has 0 unspecified atom stereocenters. The number of benzene rings is 2. The largest absolute Gasteiger partial charge is 0.491 e. The number of hydrogen-bond donors (Lipinski definition) is 1. The average molecular weight is 352 g/mol. The van der Waals surface area contributed by atoms with Crippen molar-refractivity contribution >= 4 is 12.0 Å². The van der Waals surface area contributed by atoms with Gasteiger partial charge in [-0.2, -0.15) is 8.78 Å². The van der Waals surface area contributed by atoms with Gasteiger partial charge in [-0.3, -0.25) is 0 Å². The summed E-state index contributed by atoms with van der Waals surface area (Å²) < 4.78 is 50.0. The molecule has 132 valence electrons. The zero-order valence-corrected chi connectivity index (χ0v) is 13.0. The van der Waals surface area contributed by atoms with Crippen molar-refractivity contribution in [1.82, 2.24) is 0 Å². The fraction of sp³-hybridized carbons (Fsp3) is 0.167. The van der Waals surface area contributed by atoms with Crippen LogP contribution in [0.1, 0.15) is 11.1 Å². The van der Waals surface area contributed by atoms with Crippen molar-refractivity contribution in [2.75, 3.05) is 13.3 Å². The monoisotopic (exact) mass is 352 g/mol. The zero-order valence-electron chi connectivity index (χ0n) is 13.0. The fourth-order valence-electron chi connectivity index (χ4n) is 1.92. The summed E-state index contributed by atoms with van der Waals surface area (Å²) in [6.07, 6.45) is -1.30. The molecule has 0 bridgehead atoms. The molecule has 0 heterocycles. The molecule has 0 aliphatic heterocycles. The molecule has 7 heteroatoms. The van der Waals surface area contributed by atoms with Gasteiger partial charge in [-0.15, -0.1) is 0 Å². The summed E-state index contributed by atoms with van der Waals surface area (Å²) in [6, 6.07) is 10.4. The summed E-state index contributed by atoms with van der Waals surface area (Å²) in [5.41, 5.74) is 0.155. The van der Waals surface area contributed by atoms with E-state index in [-0.39, 0.29) is 23.7 Å². The third kappa shape index (κ3) is 5.56. The Balaban J connectivity index is 2.05. The average Bonchev–Trinajstić information content (AvgIpc) is 2.59. The van der Waals surface area contributed by atoms with E-state index in [1.807, 2.05) is 0 Å². The summed E-state index contributed by atoms with van der Waals surface area (Å²) in [5.74, 6) is -0.896. The molecule has 4 nitrogen and oxygen atoms in total. The van der Waals surface area contributed by atoms with Crippen LogP contribution < -0.4 is 9.47 Å². The maximum Gasteiger partial charge on any atom is 0.426 e. The van der Waals surface area contributed by atoms with Crippen LogP contribution in [0.4, 0.5) is 13.2 Å². The molecule has 2 rings (SSSR count). The first-order valence-electron chi connectivity index (χ1n) is 7.28. The minimum absolute atomic E-state index is 0.0739. The second-order valence-corrected chi connectivity index (χ2v) is 4.92. The number of alkyl halides is 3. The van der Waals surface area contributed by atoms with E-state index in [4.69, 9.17) is 14.6 Å². The number of halogens is 3. The van der Waals surface area contributed by atoms with Crippen LogP contribution in [0.15, 0.2) is 54.6 Å². The Labute approximate surface area is 142 Å². The molecule has 0 aliphatic rings. The van der Waals surface area contributed by atoms with Crippen LogP contribution >= 0.6 is 0 Å². The highest BCUT2D eigenvalue weighted by Crippen LogP contribution is 2.32. The number of carbonyl (C=O) groups is 1. The Morgan fingerprint density at radius 3 is 2.20 bits per heavy atom. The van der Waals surface area contributed by atoms with E-state index in [0.717, 1.165) is 18.2 Å². The van der Waals surface area contributed by atoms with Gasteiger partial charge in [0.05, 0.1) is 5.56 Å². The number of aliphatic carboxylic acids is 1. The minimum Gasteiger partial charge on any atom is -0.491 e. The van der Waals surface area contributed by atoms with Crippen LogP contribution in [0, 0.1) is 0 Å². The lowest BCUT2D eigenvalue weighted by atomic mass is 10.2. The summed E-state index contributed by atoms with van der Waals surface area (Å²) in [7, 11) is 0. The molecule has 0 aromatic heterocycles. The highest BCUT2D eigenvalue weighted by atomic mass is 19.3. The number of rotatable bonds is 8. The van der Waals surface area contributed by atoms with Crippen molar-refractivity contribution in [2.24, 2.45) is 0 Å². The summed E-state index contributed by atoms with van der Waals surface area (Å²) in [4.78, 5) is 10.4. The Morgan fingerprint density at radius 1 is 1.04 bits per heavy atom. The van der Waals surface area contributed by atoms with Gasteiger partial charge < -0.3 is 14.6 Å². The Kier molecular flexibility index (Phi) is 6.05. The van der Waals surface area contributed by atoms with Gasteiger partial charge in [0, 0.05) is 6.08 Å². The standard InChI is InChI=1S/C18H15F3O4/c19-11-12-24-15-8-4-14(5-9-15)18(20,21)25-16-6-1-13(2-7-16)3-10-17(22)23/h1-10H,11-12H2,(H,22,23). The van der Waals surface area contributed by atoms with E-state index < -0.39 is 18.8 Å². The SMILES string of the molecule is O=C(O)C=Cc1ccc(OC(F)(F)c2ccc(OCCF)cc2)cc1. The molecule has 0 aliphatic carbocycles.